The summed E-state index contributed by atoms with van der Waals surface area (Å²) in [6.45, 7) is 2.13. The van der Waals surface area contributed by atoms with Crippen LogP contribution in [-0.2, 0) is 9.53 Å². The lowest BCUT2D eigenvalue weighted by Crippen LogP contribution is -2.13. The molecule has 1 aliphatic rings. The topological polar surface area (TPSA) is 103 Å². The van der Waals surface area contributed by atoms with E-state index in [1.165, 1.54) is 6.33 Å². The summed E-state index contributed by atoms with van der Waals surface area (Å²) in [5.74, 6) is -0.235. The second kappa shape index (κ2) is 4.75. The molecule has 0 amide bonds. The summed E-state index contributed by atoms with van der Waals surface area (Å²) in [5.41, 5.74) is 7.01. The number of hydrogen-bond acceptors (Lipinski definition) is 6. The molecule has 3 rings (SSSR count). The number of aromatic nitrogens is 3. The Kier molecular flexibility index (Phi) is 3.06. The first-order valence-corrected chi connectivity index (χ1v) is 6.56. The van der Waals surface area contributed by atoms with Crippen LogP contribution in [0, 0.1) is 11.8 Å². The summed E-state index contributed by atoms with van der Waals surface area (Å²) in [6, 6.07) is 3.52. The van der Waals surface area contributed by atoms with Crippen LogP contribution >= 0.6 is 0 Å². The van der Waals surface area contributed by atoms with E-state index in [0.717, 1.165) is 0 Å². The Morgan fingerprint density at radius 3 is 3.20 bits per heavy atom. The molecular formula is C13H16N4O3. The van der Waals surface area contributed by atoms with Crippen molar-refractivity contribution < 1.29 is 14.6 Å². The van der Waals surface area contributed by atoms with Crippen molar-refractivity contribution in [3.05, 3.63) is 24.2 Å². The van der Waals surface area contributed by atoms with Crippen molar-refractivity contribution in [3.8, 4) is 0 Å². The second-order valence-corrected chi connectivity index (χ2v) is 4.90. The average molecular weight is 276 g/mol. The highest BCUT2D eigenvalue weighted by Crippen LogP contribution is 2.48. The van der Waals surface area contributed by atoms with Crippen LogP contribution in [0.15, 0.2) is 18.5 Å². The van der Waals surface area contributed by atoms with Crippen molar-refractivity contribution in [2.45, 2.75) is 19.4 Å². The fraction of sp³-hybridized carbons (Fsp3) is 0.462. The Balaban J connectivity index is 1.82. The number of rotatable bonds is 4. The normalized spacial score (nSPS) is 22.7. The SMILES string of the molecule is CCOC(=O)C1CC1[C@H](O)c1ccc2c(N)ncnn12. The molecule has 0 aromatic carbocycles. The number of carbonyl (C=O) groups excluding carboxylic acids is 1. The smallest absolute Gasteiger partial charge is 0.309 e. The molecule has 2 unspecified atom stereocenters. The Morgan fingerprint density at radius 2 is 2.45 bits per heavy atom. The number of nitrogens with two attached hydrogens (primary N) is 1. The van der Waals surface area contributed by atoms with Crippen LogP contribution in [-0.4, -0.2) is 32.3 Å². The summed E-state index contributed by atoms with van der Waals surface area (Å²) < 4.78 is 6.53. The summed E-state index contributed by atoms with van der Waals surface area (Å²) >= 11 is 0. The van der Waals surface area contributed by atoms with Crippen LogP contribution in [0.3, 0.4) is 0 Å². The quantitative estimate of drug-likeness (QED) is 0.790. The highest BCUT2D eigenvalue weighted by atomic mass is 16.5. The van der Waals surface area contributed by atoms with Crippen molar-refractivity contribution in [1.29, 1.82) is 0 Å². The first-order chi connectivity index (χ1) is 9.63. The maximum atomic E-state index is 11.6. The van der Waals surface area contributed by atoms with Crippen LogP contribution in [0.1, 0.15) is 25.1 Å². The third kappa shape index (κ3) is 2.00. The molecule has 0 spiro atoms. The average Bonchev–Trinajstić information content (AvgIpc) is 3.11. The van der Waals surface area contributed by atoms with Crippen LogP contribution in [0.5, 0.6) is 0 Å². The van der Waals surface area contributed by atoms with Gasteiger partial charge in [0.1, 0.15) is 11.8 Å². The van der Waals surface area contributed by atoms with Crippen molar-refractivity contribution >= 4 is 17.3 Å². The predicted octanol–water partition coefficient (Wildman–Crippen LogP) is 0.544. The number of nitrogen functional groups attached to an aromatic ring is 1. The molecule has 3 N–H and O–H groups in total. The molecule has 0 aliphatic heterocycles. The summed E-state index contributed by atoms with van der Waals surface area (Å²) in [6.07, 6.45) is 1.21. The van der Waals surface area contributed by atoms with Gasteiger partial charge in [0.05, 0.1) is 24.3 Å². The Hall–Kier alpha value is -2.15. The maximum Gasteiger partial charge on any atom is 0.309 e. The minimum atomic E-state index is -0.763. The van der Waals surface area contributed by atoms with E-state index in [0.29, 0.717) is 30.1 Å². The zero-order valence-corrected chi connectivity index (χ0v) is 11.1. The highest BCUT2D eigenvalue weighted by Gasteiger charge is 2.49. The number of fused-ring (bicyclic) bond motifs is 1. The molecule has 2 heterocycles. The number of esters is 1. The van der Waals surface area contributed by atoms with E-state index in [9.17, 15) is 9.90 Å². The largest absolute Gasteiger partial charge is 0.466 e. The van der Waals surface area contributed by atoms with Gasteiger partial charge >= 0.3 is 5.97 Å². The number of ether oxygens (including phenoxy) is 1. The number of carbonyl (C=O) groups is 1. The van der Waals surface area contributed by atoms with E-state index in [2.05, 4.69) is 10.1 Å². The number of aliphatic hydroxyl groups excluding tert-OH is 1. The molecule has 7 heteroatoms. The highest BCUT2D eigenvalue weighted by molar-refractivity contribution is 5.76. The Bertz CT molecular complexity index is 654. The fourth-order valence-electron chi connectivity index (χ4n) is 2.50. The van der Waals surface area contributed by atoms with Gasteiger partial charge in [0.2, 0.25) is 0 Å². The zero-order chi connectivity index (χ0) is 14.3. The molecule has 0 bridgehead atoms. The van der Waals surface area contributed by atoms with Crippen molar-refractivity contribution in [2.24, 2.45) is 11.8 Å². The lowest BCUT2D eigenvalue weighted by atomic mass is 10.1. The third-order valence-corrected chi connectivity index (χ3v) is 3.65. The number of aliphatic hydroxyl groups is 1. The number of nitrogens with zero attached hydrogens (tertiary/aromatic N) is 3. The summed E-state index contributed by atoms with van der Waals surface area (Å²) in [7, 11) is 0. The van der Waals surface area contributed by atoms with Crippen molar-refractivity contribution in [1.82, 2.24) is 14.6 Å². The van der Waals surface area contributed by atoms with E-state index in [4.69, 9.17) is 10.5 Å². The number of hydrogen-bond donors (Lipinski definition) is 2. The Labute approximate surface area is 115 Å². The van der Waals surface area contributed by atoms with Gasteiger partial charge in [-0.25, -0.2) is 9.50 Å². The molecule has 3 atom stereocenters. The number of anilines is 1. The molecule has 1 fully saturated rings. The molecular weight excluding hydrogens is 260 g/mol. The lowest BCUT2D eigenvalue weighted by Gasteiger charge is -2.10. The molecule has 2 aromatic heterocycles. The molecule has 1 saturated carbocycles. The van der Waals surface area contributed by atoms with Gasteiger partial charge in [-0.1, -0.05) is 0 Å². The monoisotopic (exact) mass is 276 g/mol. The summed E-state index contributed by atoms with van der Waals surface area (Å²) in [5, 5.41) is 14.5. The van der Waals surface area contributed by atoms with Gasteiger partial charge in [0, 0.05) is 5.92 Å². The van der Waals surface area contributed by atoms with E-state index in [-0.39, 0.29) is 17.8 Å². The maximum absolute atomic E-state index is 11.6. The van der Waals surface area contributed by atoms with Crippen molar-refractivity contribution in [3.63, 3.8) is 0 Å². The van der Waals surface area contributed by atoms with Crippen LogP contribution in [0.2, 0.25) is 0 Å². The first-order valence-electron chi connectivity index (χ1n) is 6.56. The molecule has 0 saturated heterocycles. The van der Waals surface area contributed by atoms with Gasteiger partial charge in [-0.15, -0.1) is 0 Å². The summed E-state index contributed by atoms with van der Waals surface area (Å²) in [4.78, 5) is 15.5. The molecule has 7 nitrogen and oxygen atoms in total. The van der Waals surface area contributed by atoms with Crippen molar-refractivity contribution in [2.75, 3.05) is 12.3 Å². The lowest BCUT2D eigenvalue weighted by molar-refractivity contribution is -0.145. The molecule has 20 heavy (non-hydrogen) atoms. The Morgan fingerprint density at radius 1 is 1.65 bits per heavy atom. The fourth-order valence-corrected chi connectivity index (χ4v) is 2.50. The molecule has 106 valence electrons. The minimum absolute atomic E-state index is 0.122. The van der Waals surface area contributed by atoms with E-state index >= 15 is 0 Å². The second-order valence-electron chi connectivity index (χ2n) is 4.90. The minimum Gasteiger partial charge on any atom is -0.466 e. The first kappa shape index (κ1) is 12.9. The van der Waals surface area contributed by atoms with E-state index < -0.39 is 6.10 Å². The van der Waals surface area contributed by atoms with Gasteiger partial charge < -0.3 is 15.6 Å². The van der Waals surface area contributed by atoms with Gasteiger partial charge in [-0.05, 0) is 25.5 Å². The third-order valence-electron chi connectivity index (χ3n) is 3.65. The molecule has 0 radical (unpaired) electrons. The molecule has 1 aliphatic carbocycles. The standard InChI is InChI=1S/C13H16N4O3/c1-2-20-13(19)8-5-7(8)11(18)9-3-4-10-12(14)15-6-16-17(9)10/h3-4,6-8,11,18H,2,5H2,1H3,(H2,14,15,16)/t7?,8?,11-/m0/s1. The van der Waals surface area contributed by atoms with Crippen LogP contribution in [0.25, 0.3) is 5.52 Å². The van der Waals surface area contributed by atoms with Gasteiger partial charge in [0.25, 0.3) is 0 Å². The van der Waals surface area contributed by atoms with Crippen LogP contribution in [0.4, 0.5) is 5.82 Å². The predicted molar refractivity (Wildman–Crippen MR) is 70.6 cm³/mol. The van der Waals surface area contributed by atoms with Gasteiger partial charge in [-0.2, -0.15) is 5.10 Å². The van der Waals surface area contributed by atoms with E-state index in [1.807, 2.05) is 0 Å². The van der Waals surface area contributed by atoms with Gasteiger partial charge in [0.15, 0.2) is 5.82 Å². The van der Waals surface area contributed by atoms with Gasteiger partial charge in [-0.3, -0.25) is 4.79 Å². The zero-order valence-electron chi connectivity index (χ0n) is 11.1. The van der Waals surface area contributed by atoms with E-state index in [1.54, 1.807) is 23.6 Å². The van der Waals surface area contributed by atoms with Crippen LogP contribution < -0.4 is 5.73 Å². The molecule has 2 aromatic rings.